The van der Waals surface area contributed by atoms with Crippen molar-refractivity contribution in [3.05, 3.63) is 70.8 Å². The minimum atomic E-state index is -1.25. The quantitative estimate of drug-likeness (QED) is 0.646. The fraction of sp³-hybridized carbons (Fsp3) is 0.211. The zero-order chi connectivity index (χ0) is 17.5. The second kappa shape index (κ2) is 8.06. The molecule has 0 aliphatic rings. The number of carbonyl (C=O) groups is 3. The van der Waals surface area contributed by atoms with Crippen LogP contribution in [0.2, 0.25) is 0 Å². The number of carboxylic acids is 1. The van der Waals surface area contributed by atoms with Crippen molar-refractivity contribution in [2.45, 2.75) is 26.2 Å². The van der Waals surface area contributed by atoms with Gasteiger partial charge in [0.05, 0.1) is 16.7 Å². The highest BCUT2D eigenvalue weighted by Gasteiger charge is 2.21. The van der Waals surface area contributed by atoms with Gasteiger partial charge < -0.3 is 9.84 Å². The van der Waals surface area contributed by atoms with E-state index in [-0.39, 0.29) is 11.1 Å². The smallest absolute Gasteiger partial charge is 0.346 e. The molecule has 0 bridgehead atoms. The molecule has 0 radical (unpaired) electrons. The summed E-state index contributed by atoms with van der Waals surface area (Å²) in [5.41, 5.74) is 0.787. The summed E-state index contributed by atoms with van der Waals surface area (Å²) in [5.74, 6) is -2.99. The van der Waals surface area contributed by atoms with Gasteiger partial charge in [0.15, 0.2) is 0 Å². The number of carbonyl (C=O) groups excluding carboxylic acids is 2. The number of hydrogen-bond acceptors (Lipinski definition) is 4. The molecular formula is C19H18O5. The summed E-state index contributed by atoms with van der Waals surface area (Å²) < 4.78 is 4.89. The highest BCUT2D eigenvalue weighted by Crippen LogP contribution is 2.16. The highest BCUT2D eigenvalue weighted by atomic mass is 16.6. The van der Waals surface area contributed by atoms with Crippen LogP contribution in [0.1, 0.15) is 56.4 Å². The molecule has 0 saturated carbocycles. The highest BCUT2D eigenvalue weighted by molar-refractivity contribution is 6.08. The fourth-order valence-electron chi connectivity index (χ4n) is 2.35. The zero-order valence-corrected chi connectivity index (χ0v) is 13.3. The fourth-order valence-corrected chi connectivity index (χ4v) is 2.35. The van der Waals surface area contributed by atoms with Crippen LogP contribution < -0.4 is 0 Å². The Hall–Kier alpha value is -2.95. The molecule has 0 unspecified atom stereocenters. The number of rotatable bonds is 6. The molecule has 0 amide bonds. The third-order valence-corrected chi connectivity index (χ3v) is 3.60. The molecule has 1 N–H and O–H groups in total. The van der Waals surface area contributed by atoms with Gasteiger partial charge in [-0.1, -0.05) is 43.7 Å². The molecule has 0 aromatic heterocycles. The first-order valence-corrected chi connectivity index (χ1v) is 7.71. The maximum absolute atomic E-state index is 12.3. The zero-order valence-electron chi connectivity index (χ0n) is 13.3. The van der Waals surface area contributed by atoms with E-state index in [9.17, 15) is 14.4 Å². The van der Waals surface area contributed by atoms with E-state index in [1.807, 2.05) is 19.1 Å². The number of carboxylic acid groups (broad SMARTS) is 1. The van der Waals surface area contributed by atoms with Crippen LogP contribution in [0, 0.1) is 0 Å². The van der Waals surface area contributed by atoms with E-state index in [1.54, 1.807) is 12.1 Å². The summed E-state index contributed by atoms with van der Waals surface area (Å²) in [6.07, 6.45) is 2.61. The Bertz CT molecular complexity index is 764. The molecule has 2 aromatic rings. The average Bonchev–Trinajstić information content (AvgIpc) is 2.60. The third kappa shape index (κ3) is 4.07. The number of ether oxygens (including phenoxy) is 1. The SMILES string of the molecule is CCCCc1ccccc1C(=O)OC(=O)c1ccccc1C(=O)O. The molecule has 124 valence electrons. The van der Waals surface area contributed by atoms with Gasteiger partial charge in [-0.3, -0.25) is 0 Å². The van der Waals surface area contributed by atoms with Crippen LogP contribution in [0.15, 0.2) is 48.5 Å². The van der Waals surface area contributed by atoms with Crippen molar-refractivity contribution in [3.63, 3.8) is 0 Å². The van der Waals surface area contributed by atoms with Crippen molar-refractivity contribution in [1.29, 1.82) is 0 Å². The monoisotopic (exact) mass is 326 g/mol. The number of hydrogen-bond donors (Lipinski definition) is 1. The van der Waals surface area contributed by atoms with Crippen LogP contribution >= 0.6 is 0 Å². The van der Waals surface area contributed by atoms with Gasteiger partial charge in [0, 0.05) is 0 Å². The maximum atomic E-state index is 12.3. The first kappa shape index (κ1) is 17.4. The Balaban J connectivity index is 2.22. The molecular weight excluding hydrogens is 308 g/mol. The van der Waals surface area contributed by atoms with Crippen molar-refractivity contribution in [1.82, 2.24) is 0 Å². The van der Waals surface area contributed by atoms with E-state index < -0.39 is 17.9 Å². The van der Waals surface area contributed by atoms with Crippen molar-refractivity contribution in [3.8, 4) is 0 Å². The minimum absolute atomic E-state index is 0.149. The average molecular weight is 326 g/mol. The molecule has 0 aliphatic heterocycles. The van der Waals surface area contributed by atoms with Crippen LogP contribution in [-0.2, 0) is 11.2 Å². The van der Waals surface area contributed by atoms with Crippen molar-refractivity contribution in [2.75, 3.05) is 0 Å². The molecule has 0 aliphatic carbocycles. The van der Waals surface area contributed by atoms with Gasteiger partial charge in [-0.05, 0) is 36.6 Å². The number of unbranched alkanes of at least 4 members (excludes halogenated alkanes) is 1. The van der Waals surface area contributed by atoms with Crippen molar-refractivity contribution >= 4 is 17.9 Å². The minimum Gasteiger partial charge on any atom is -0.478 e. The maximum Gasteiger partial charge on any atom is 0.346 e. The van der Waals surface area contributed by atoms with Gasteiger partial charge in [0.2, 0.25) is 0 Å². The van der Waals surface area contributed by atoms with Crippen LogP contribution in [0.5, 0.6) is 0 Å². The molecule has 0 atom stereocenters. The third-order valence-electron chi connectivity index (χ3n) is 3.60. The number of aromatic carboxylic acids is 1. The number of benzene rings is 2. The second-order valence-electron chi connectivity index (χ2n) is 5.29. The Kier molecular flexibility index (Phi) is 5.84. The Morgan fingerprint density at radius 2 is 1.42 bits per heavy atom. The lowest BCUT2D eigenvalue weighted by molar-refractivity contribution is 0.0391. The molecule has 0 saturated heterocycles. The van der Waals surface area contributed by atoms with Gasteiger partial charge in [-0.15, -0.1) is 0 Å². The van der Waals surface area contributed by atoms with Crippen LogP contribution in [0.3, 0.4) is 0 Å². The molecule has 24 heavy (non-hydrogen) atoms. The predicted molar refractivity (Wildman–Crippen MR) is 88.2 cm³/mol. The topological polar surface area (TPSA) is 80.7 Å². The molecule has 5 heteroatoms. The first-order valence-electron chi connectivity index (χ1n) is 7.71. The molecule has 2 aromatic carbocycles. The van der Waals surface area contributed by atoms with Gasteiger partial charge in [0.25, 0.3) is 0 Å². The number of aryl methyl sites for hydroxylation is 1. The normalized spacial score (nSPS) is 10.2. The Morgan fingerprint density at radius 3 is 2.04 bits per heavy atom. The summed E-state index contributed by atoms with van der Waals surface area (Å²) in [4.78, 5) is 35.6. The lowest BCUT2D eigenvalue weighted by Crippen LogP contribution is -2.17. The van der Waals surface area contributed by atoms with Crippen LogP contribution in [0.4, 0.5) is 0 Å². The Morgan fingerprint density at radius 1 is 0.875 bits per heavy atom. The summed E-state index contributed by atoms with van der Waals surface area (Å²) in [6, 6.07) is 12.6. The summed E-state index contributed by atoms with van der Waals surface area (Å²) >= 11 is 0. The van der Waals surface area contributed by atoms with Crippen molar-refractivity contribution < 1.29 is 24.2 Å². The van der Waals surface area contributed by atoms with Crippen molar-refractivity contribution in [2.24, 2.45) is 0 Å². The predicted octanol–water partition coefficient (Wildman–Crippen LogP) is 3.72. The van der Waals surface area contributed by atoms with E-state index in [4.69, 9.17) is 9.84 Å². The molecule has 2 rings (SSSR count). The van der Waals surface area contributed by atoms with E-state index in [2.05, 4.69) is 0 Å². The molecule has 0 heterocycles. The van der Waals surface area contributed by atoms with Gasteiger partial charge in [-0.25, -0.2) is 14.4 Å². The number of esters is 2. The largest absolute Gasteiger partial charge is 0.478 e. The van der Waals surface area contributed by atoms with Gasteiger partial charge in [0.1, 0.15) is 0 Å². The lowest BCUT2D eigenvalue weighted by atomic mass is 10.0. The molecule has 0 spiro atoms. The standard InChI is InChI=1S/C19H18O5/c1-2-3-8-13-9-4-5-10-14(13)18(22)24-19(23)16-12-7-6-11-15(16)17(20)21/h4-7,9-12H,2-3,8H2,1H3,(H,20,21). The van der Waals surface area contributed by atoms with E-state index in [1.165, 1.54) is 24.3 Å². The summed E-state index contributed by atoms with van der Waals surface area (Å²) in [6.45, 7) is 2.05. The van der Waals surface area contributed by atoms with E-state index in [0.717, 1.165) is 18.4 Å². The summed E-state index contributed by atoms with van der Waals surface area (Å²) in [7, 11) is 0. The van der Waals surface area contributed by atoms with Crippen LogP contribution in [0.25, 0.3) is 0 Å². The van der Waals surface area contributed by atoms with Gasteiger partial charge >= 0.3 is 17.9 Å². The lowest BCUT2D eigenvalue weighted by Gasteiger charge is -2.09. The van der Waals surface area contributed by atoms with Crippen LogP contribution in [-0.4, -0.2) is 23.0 Å². The summed E-state index contributed by atoms with van der Waals surface area (Å²) in [5, 5.41) is 9.11. The Labute approximate surface area is 139 Å². The molecule has 5 nitrogen and oxygen atoms in total. The van der Waals surface area contributed by atoms with E-state index >= 15 is 0 Å². The second-order valence-corrected chi connectivity index (χ2v) is 5.29. The van der Waals surface area contributed by atoms with E-state index in [0.29, 0.717) is 12.0 Å². The van der Waals surface area contributed by atoms with Gasteiger partial charge in [-0.2, -0.15) is 0 Å². The molecule has 0 fully saturated rings. The first-order chi connectivity index (χ1) is 11.5.